The second kappa shape index (κ2) is 8.15. The molecule has 1 fully saturated rings. The highest BCUT2D eigenvalue weighted by Crippen LogP contribution is 2.42. The fourth-order valence-corrected chi connectivity index (χ4v) is 5.01. The predicted octanol–water partition coefficient (Wildman–Crippen LogP) is 4.57. The number of pyridine rings is 1. The van der Waals surface area contributed by atoms with Gasteiger partial charge in [-0.05, 0) is 75.8 Å². The van der Waals surface area contributed by atoms with Crippen molar-refractivity contribution in [2.24, 2.45) is 0 Å². The van der Waals surface area contributed by atoms with Gasteiger partial charge >= 0.3 is 5.97 Å². The van der Waals surface area contributed by atoms with Crippen molar-refractivity contribution in [1.29, 1.82) is 0 Å². The monoisotopic (exact) mass is 434 g/mol. The first kappa shape index (κ1) is 21.1. The van der Waals surface area contributed by atoms with Gasteiger partial charge < -0.3 is 19.9 Å². The molecule has 3 aromatic rings. The average molecular weight is 435 g/mol. The summed E-state index contributed by atoms with van der Waals surface area (Å²) >= 11 is 5.70. The van der Waals surface area contributed by atoms with Crippen LogP contribution in [0.2, 0.25) is 0 Å². The van der Waals surface area contributed by atoms with E-state index in [2.05, 4.69) is 35.1 Å². The van der Waals surface area contributed by atoms with Gasteiger partial charge in [0.2, 0.25) is 0 Å². The Hall–Kier alpha value is -3.19. The van der Waals surface area contributed by atoms with Gasteiger partial charge in [-0.1, -0.05) is 18.2 Å². The van der Waals surface area contributed by atoms with Crippen molar-refractivity contribution >= 4 is 23.3 Å². The smallest absolute Gasteiger partial charge is 0.337 e. The molecular weight excluding hydrogens is 408 g/mol. The van der Waals surface area contributed by atoms with Crippen molar-refractivity contribution in [1.82, 2.24) is 19.8 Å². The minimum atomic E-state index is -0.941. The van der Waals surface area contributed by atoms with Gasteiger partial charge in [0, 0.05) is 23.6 Å². The highest BCUT2D eigenvalue weighted by Gasteiger charge is 2.42. The first-order valence-electron chi connectivity index (χ1n) is 10.3. The molecule has 160 valence electrons. The van der Waals surface area contributed by atoms with Gasteiger partial charge in [0.15, 0.2) is 5.11 Å². The van der Waals surface area contributed by atoms with E-state index in [1.807, 2.05) is 48.7 Å². The summed E-state index contributed by atoms with van der Waals surface area (Å²) in [6.45, 7) is 8.29. The lowest BCUT2D eigenvalue weighted by Crippen LogP contribution is -2.35. The summed E-state index contributed by atoms with van der Waals surface area (Å²) < 4.78 is 2.02. The number of nitrogens with one attached hydrogen (secondary N) is 1. The fraction of sp³-hybridized carbons (Fsp3) is 0.292. The Morgan fingerprint density at radius 3 is 2.52 bits per heavy atom. The van der Waals surface area contributed by atoms with Gasteiger partial charge in [-0.3, -0.25) is 4.98 Å². The Balaban J connectivity index is 1.89. The third-order valence-corrected chi connectivity index (χ3v) is 6.18. The maximum Gasteiger partial charge on any atom is 0.337 e. The second-order valence-corrected chi connectivity index (χ2v) is 8.50. The maximum absolute atomic E-state index is 11.8. The molecule has 2 aromatic heterocycles. The molecule has 7 heteroatoms. The molecule has 1 aliphatic heterocycles. The SMILES string of the molecule is Cc1cc([C@@H]2[C@H](c3ccccn3)NC(=S)N2C(C)C)c(C)n1-c1ccccc1C(=O)O. The van der Waals surface area contributed by atoms with E-state index in [9.17, 15) is 9.90 Å². The number of aromatic nitrogens is 2. The molecule has 2 N–H and O–H groups in total. The Labute approximate surface area is 187 Å². The number of carboxylic acid groups (broad SMARTS) is 1. The number of aryl methyl sites for hydroxylation is 1. The quantitative estimate of drug-likeness (QED) is 0.574. The lowest BCUT2D eigenvalue weighted by atomic mass is 9.96. The third kappa shape index (κ3) is 3.59. The molecule has 1 aromatic carbocycles. The molecule has 1 aliphatic rings. The van der Waals surface area contributed by atoms with Crippen LogP contribution in [0.3, 0.4) is 0 Å². The zero-order chi connectivity index (χ0) is 22.3. The van der Waals surface area contributed by atoms with Crippen LogP contribution in [-0.2, 0) is 0 Å². The summed E-state index contributed by atoms with van der Waals surface area (Å²) in [5.41, 5.74) is 4.94. The molecule has 0 unspecified atom stereocenters. The Bertz CT molecular complexity index is 1140. The first-order chi connectivity index (χ1) is 14.8. The Morgan fingerprint density at radius 1 is 1.16 bits per heavy atom. The molecule has 1 saturated heterocycles. The van der Waals surface area contributed by atoms with E-state index in [1.165, 1.54) is 0 Å². The molecule has 2 atom stereocenters. The zero-order valence-corrected chi connectivity index (χ0v) is 18.9. The minimum absolute atomic E-state index is 0.0562. The minimum Gasteiger partial charge on any atom is -0.478 e. The fourth-order valence-electron chi connectivity index (χ4n) is 4.56. The highest BCUT2D eigenvalue weighted by molar-refractivity contribution is 7.80. The first-order valence-corrected chi connectivity index (χ1v) is 10.7. The average Bonchev–Trinajstić information content (AvgIpc) is 3.24. The highest BCUT2D eigenvalue weighted by atomic mass is 32.1. The van der Waals surface area contributed by atoms with Gasteiger partial charge in [0.1, 0.15) is 0 Å². The van der Waals surface area contributed by atoms with Crippen molar-refractivity contribution in [3.63, 3.8) is 0 Å². The number of hydrogen-bond acceptors (Lipinski definition) is 3. The number of benzene rings is 1. The van der Waals surface area contributed by atoms with E-state index < -0.39 is 5.97 Å². The molecule has 31 heavy (non-hydrogen) atoms. The van der Waals surface area contributed by atoms with E-state index >= 15 is 0 Å². The van der Waals surface area contributed by atoms with Gasteiger partial charge in [-0.2, -0.15) is 0 Å². The van der Waals surface area contributed by atoms with E-state index in [1.54, 1.807) is 18.3 Å². The van der Waals surface area contributed by atoms with E-state index in [4.69, 9.17) is 12.2 Å². The van der Waals surface area contributed by atoms with Crippen LogP contribution in [0.15, 0.2) is 54.7 Å². The van der Waals surface area contributed by atoms with Crippen LogP contribution < -0.4 is 5.32 Å². The number of thiocarbonyl (C=S) groups is 1. The maximum atomic E-state index is 11.8. The molecular formula is C24H26N4O2S. The van der Waals surface area contributed by atoms with Gasteiger partial charge in [0.25, 0.3) is 0 Å². The summed E-state index contributed by atoms with van der Waals surface area (Å²) in [7, 11) is 0. The number of hydrogen-bond donors (Lipinski definition) is 2. The van der Waals surface area contributed by atoms with Crippen molar-refractivity contribution in [3.8, 4) is 5.69 Å². The molecule has 0 aliphatic carbocycles. The van der Waals surface area contributed by atoms with Gasteiger partial charge in [-0.25, -0.2) is 4.79 Å². The van der Waals surface area contributed by atoms with Crippen LogP contribution in [0, 0.1) is 13.8 Å². The normalized spacial score (nSPS) is 18.5. The number of carbonyl (C=O) groups is 1. The van der Waals surface area contributed by atoms with Crippen LogP contribution in [0.1, 0.15) is 58.9 Å². The molecule has 0 bridgehead atoms. The van der Waals surface area contributed by atoms with Crippen LogP contribution >= 0.6 is 12.2 Å². The number of aromatic carboxylic acids is 1. The standard InChI is InChI=1S/C24H26N4O2S/c1-14(2)27-22(21(26-24(27)31)19-10-7-8-12-25-19)18-13-15(3)28(16(18)4)20-11-6-5-9-17(20)23(29)30/h5-14,21-22H,1-4H3,(H,26,31)(H,29,30)/t21-,22+/m0/s1. The number of carboxylic acids is 1. The Kier molecular flexibility index (Phi) is 5.54. The van der Waals surface area contributed by atoms with Crippen LogP contribution in [0.25, 0.3) is 5.69 Å². The summed E-state index contributed by atoms with van der Waals surface area (Å²) in [4.78, 5) is 18.6. The van der Waals surface area contributed by atoms with Crippen molar-refractivity contribution in [3.05, 3.63) is 82.9 Å². The molecule has 0 amide bonds. The van der Waals surface area contributed by atoms with E-state index in [-0.39, 0.29) is 23.7 Å². The zero-order valence-electron chi connectivity index (χ0n) is 18.0. The predicted molar refractivity (Wildman–Crippen MR) is 125 cm³/mol. The van der Waals surface area contributed by atoms with Crippen molar-refractivity contribution in [2.75, 3.05) is 0 Å². The Morgan fingerprint density at radius 2 is 1.87 bits per heavy atom. The third-order valence-electron chi connectivity index (χ3n) is 5.86. The molecule has 0 saturated carbocycles. The molecule has 3 heterocycles. The van der Waals surface area contributed by atoms with Crippen LogP contribution in [0.5, 0.6) is 0 Å². The number of nitrogens with zero attached hydrogens (tertiary/aromatic N) is 3. The summed E-state index contributed by atoms with van der Waals surface area (Å²) in [6, 6.07) is 15.2. The van der Waals surface area contributed by atoms with Crippen molar-refractivity contribution < 1.29 is 9.90 Å². The molecule has 6 nitrogen and oxygen atoms in total. The number of rotatable bonds is 5. The molecule has 0 radical (unpaired) electrons. The lowest BCUT2D eigenvalue weighted by Gasteiger charge is -2.31. The van der Waals surface area contributed by atoms with Crippen LogP contribution in [-0.4, -0.2) is 36.7 Å². The second-order valence-electron chi connectivity index (χ2n) is 8.11. The van der Waals surface area contributed by atoms with E-state index in [0.29, 0.717) is 10.8 Å². The summed E-state index contributed by atoms with van der Waals surface area (Å²) in [5.74, 6) is -0.941. The van der Waals surface area contributed by atoms with Gasteiger partial charge in [0.05, 0.1) is 29.0 Å². The van der Waals surface area contributed by atoms with E-state index in [0.717, 1.165) is 22.6 Å². The lowest BCUT2D eigenvalue weighted by molar-refractivity contribution is 0.0697. The molecule has 0 spiro atoms. The topological polar surface area (TPSA) is 70.4 Å². The van der Waals surface area contributed by atoms with Gasteiger partial charge in [-0.15, -0.1) is 0 Å². The summed E-state index contributed by atoms with van der Waals surface area (Å²) in [6.07, 6.45) is 1.79. The molecule has 4 rings (SSSR count). The van der Waals surface area contributed by atoms with Crippen molar-refractivity contribution in [2.45, 2.75) is 45.8 Å². The summed E-state index contributed by atoms with van der Waals surface area (Å²) in [5, 5.41) is 13.9. The van der Waals surface area contributed by atoms with Crippen LogP contribution in [0.4, 0.5) is 0 Å². The largest absolute Gasteiger partial charge is 0.478 e. The number of para-hydroxylation sites is 1.